The first kappa shape index (κ1) is 27.9. The molecule has 0 saturated heterocycles. The molecule has 0 saturated carbocycles. The fourth-order valence-electron chi connectivity index (χ4n) is 7.08. The number of para-hydroxylation sites is 2. The molecule has 0 aliphatic rings. The van der Waals surface area contributed by atoms with Gasteiger partial charge in [0.25, 0.3) is 0 Å². The van der Waals surface area contributed by atoms with E-state index in [9.17, 15) is 0 Å². The normalized spacial score (nSPS) is 11.3. The summed E-state index contributed by atoms with van der Waals surface area (Å²) in [6, 6.07) is 69.8. The molecule has 48 heavy (non-hydrogen) atoms. The monoisotopic (exact) mass is 612 g/mol. The third kappa shape index (κ3) is 4.83. The topological polar surface area (TPSA) is 8.17 Å². The molecule has 0 N–H and O–H groups in total. The van der Waals surface area contributed by atoms with Gasteiger partial charge in [0.1, 0.15) is 0 Å². The Kier molecular flexibility index (Phi) is 6.84. The maximum absolute atomic E-state index is 2.38. The minimum absolute atomic E-state index is 1.12. The van der Waals surface area contributed by atoms with E-state index < -0.39 is 0 Å². The quantitative estimate of drug-likeness (QED) is 0.181. The van der Waals surface area contributed by atoms with Crippen LogP contribution in [0, 0.1) is 0 Å². The molecule has 0 amide bonds. The highest BCUT2D eigenvalue weighted by atomic mass is 15.1. The lowest BCUT2D eigenvalue weighted by Gasteiger charge is -2.27. The Labute approximate surface area is 280 Å². The van der Waals surface area contributed by atoms with Crippen molar-refractivity contribution in [1.82, 2.24) is 4.57 Å². The van der Waals surface area contributed by atoms with Crippen molar-refractivity contribution >= 4 is 49.6 Å². The van der Waals surface area contributed by atoms with Crippen molar-refractivity contribution in [2.45, 2.75) is 0 Å². The van der Waals surface area contributed by atoms with Crippen molar-refractivity contribution in [3.63, 3.8) is 0 Å². The van der Waals surface area contributed by atoms with Crippen molar-refractivity contribution in [3.8, 4) is 27.9 Å². The van der Waals surface area contributed by atoms with Crippen LogP contribution >= 0.6 is 0 Å². The van der Waals surface area contributed by atoms with Crippen LogP contribution in [-0.4, -0.2) is 4.57 Å². The second kappa shape index (κ2) is 11.8. The zero-order valence-corrected chi connectivity index (χ0v) is 26.4. The summed E-state index contributed by atoms with van der Waals surface area (Å²) in [5, 5.41) is 4.95. The molecule has 0 atom stereocenters. The second-order valence-corrected chi connectivity index (χ2v) is 12.2. The van der Waals surface area contributed by atoms with Gasteiger partial charge < -0.3 is 9.47 Å². The second-order valence-electron chi connectivity index (χ2n) is 12.2. The van der Waals surface area contributed by atoms with Crippen molar-refractivity contribution in [3.05, 3.63) is 194 Å². The van der Waals surface area contributed by atoms with Crippen LogP contribution in [0.5, 0.6) is 0 Å². The lowest BCUT2D eigenvalue weighted by atomic mass is 10.00. The van der Waals surface area contributed by atoms with Gasteiger partial charge in [-0.1, -0.05) is 127 Å². The summed E-state index contributed by atoms with van der Waals surface area (Å²) in [7, 11) is 0. The molecule has 2 heteroatoms. The molecule has 0 spiro atoms. The van der Waals surface area contributed by atoms with Crippen LogP contribution in [0.3, 0.4) is 0 Å². The molecule has 1 aromatic heterocycles. The summed E-state index contributed by atoms with van der Waals surface area (Å²) in [5.41, 5.74) is 11.8. The molecule has 226 valence electrons. The zero-order chi connectivity index (χ0) is 31.9. The van der Waals surface area contributed by atoms with Crippen LogP contribution in [0.1, 0.15) is 0 Å². The Morgan fingerprint density at radius 3 is 1.50 bits per heavy atom. The molecule has 0 radical (unpaired) electrons. The first-order valence-corrected chi connectivity index (χ1v) is 16.4. The number of hydrogen-bond acceptors (Lipinski definition) is 1. The summed E-state index contributed by atoms with van der Waals surface area (Å²) in [5.74, 6) is 0. The number of hydrogen-bond donors (Lipinski definition) is 0. The van der Waals surface area contributed by atoms with Gasteiger partial charge in [0.05, 0.1) is 16.7 Å². The Balaban J connectivity index is 1.18. The molecule has 0 aliphatic heterocycles. The molecular formula is C46H32N2. The fraction of sp³-hybridized carbons (Fsp3) is 0. The molecule has 8 aromatic carbocycles. The Morgan fingerprint density at radius 2 is 0.833 bits per heavy atom. The van der Waals surface area contributed by atoms with E-state index in [1.54, 1.807) is 0 Å². The number of aromatic nitrogens is 1. The maximum atomic E-state index is 2.38. The van der Waals surface area contributed by atoms with Gasteiger partial charge in [-0.15, -0.1) is 0 Å². The number of fused-ring (bicyclic) bond motifs is 4. The van der Waals surface area contributed by atoms with Gasteiger partial charge in [-0.25, -0.2) is 0 Å². The van der Waals surface area contributed by atoms with E-state index >= 15 is 0 Å². The summed E-state index contributed by atoms with van der Waals surface area (Å²) < 4.78 is 2.38. The van der Waals surface area contributed by atoms with E-state index in [-0.39, 0.29) is 0 Å². The van der Waals surface area contributed by atoms with Crippen LogP contribution in [0.4, 0.5) is 17.1 Å². The molecule has 0 bridgehead atoms. The fourth-order valence-corrected chi connectivity index (χ4v) is 7.08. The lowest BCUT2D eigenvalue weighted by molar-refractivity contribution is 1.18. The number of rotatable bonds is 6. The van der Waals surface area contributed by atoms with E-state index in [2.05, 4.69) is 204 Å². The van der Waals surface area contributed by atoms with Gasteiger partial charge >= 0.3 is 0 Å². The third-order valence-electron chi connectivity index (χ3n) is 9.37. The number of nitrogens with zero attached hydrogens (tertiary/aromatic N) is 2. The third-order valence-corrected chi connectivity index (χ3v) is 9.37. The van der Waals surface area contributed by atoms with E-state index in [0.29, 0.717) is 0 Å². The van der Waals surface area contributed by atoms with Crippen LogP contribution in [0.2, 0.25) is 0 Å². The SMILES string of the molecule is c1ccc(-c2ccc3c(c2)c2cc(-c4ccc(N(c5ccccc5)c5cccc6ccccc56)cc4)ccc2n3-c2ccccc2)cc1. The number of benzene rings is 8. The average molecular weight is 613 g/mol. The largest absolute Gasteiger partial charge is 0.310 e. The average Bonchev–Trinajstić information content (AvgIpc) is 3.49. The van der Waals surface area contributed by atoms with E-state index in [1.807, 2.05) is 0 Å². The van der Waals surface area contributed by atoms with Gasteiger partial charge in [-0.3, -0.25) is 0 Å². The summed E-state index contributed by atoms with van der Waals surface area (Å²) in [6.07, 6.45) is 0. The maximum Gasteiger partial charge on any atom is 0.0541 e. The highest BCUT2D eigenvalue weighted by Crippen LogP contribution is 2.41. The van der Waals surface area contributed by atoms with Crippen LogP contribution in [0.15, 0.2) is 194 Å². The van der Waals surface area contributed by atoms with Crippen LogP contribution in [-0.2, 0) is 0 Å². The van der Waals surface area contributed by atoms with Crippen molar-refractivity contribution in [2.24, 2.45) is 0 Å². The highest BCUT2D eigenvalue weighted by Gasteiger charge is 2.17. The summed E-state index contributed by atoms with van der Waals surface area (Å²) in [6.45, 7) is 0. The first-order valence-electron chi connectivity index (χ1n) is 16.4. The smallest absolute Gasteiger partial charge is 0.0541 e. The van der Waals surface area contributed by atoms with Crippen LogP contribution in [0.25, 0.3) is 60.5 Å². The molecular weight excluding hydrogens is 581 g/mol. The molecule has 9 aromatic rings. The highest BCUT2D eigenvalue weighted by molar-refractivity contribution is 6.11. The van der Waals surface area contributed by atoms with Crippen LogP contribution < -0.4 is 4.90 Å². The van der Waals surface area contributed by atoms with E-state index in [4.69, 9.17) is 0 Å². The molecule has 0 unspecified atom stereocenters. The van der Waals surface area contributed by atoms with Crippen molar-refractivity contribution in [2.75, 3.05) is 4.90 Å². The Hall–Kier alpha value is -6.38. The molecule has 0 fully saturated rings. The predicted octanol–water partition coefficient (Wildman–Crippen LogP) is 12.7. The van der Waals surface area contributed by atoms with E-state index in [0.717, 1.165) is 22.7 Å². The minimum atomic E-state index is 1.12. The van der Waals surface area contributed by atoms with Crippen molar-refractivity contribution in [1.29, 1.82) is 0 Å². The zero-order valence-electron chi connectivity index (χ0n) is 26.4. The lowest BCUT2D eigenvalue weighted by Crippen LogP contribution is -2.10. The predicted molar refractivity (Wildman–Crippen MR) is 204 cm³/mol. The molecule has 1 heterocycles. The minimum Gasteiger partial charge on any atom is -0.310 e. The van der Waals surface area contributed by atoms with Gasteiger partial charge in [0.15, 0.2) is 0 Å². The van der Waals surface area contributed by atoms with Gasteiger partial charge in [-0.2, -0.15) is 0 Å². The molecule has 9 rings (SSSR count). The Bertz CT molecular complexity index is 2530. The molecule has 0 aliphatic carbocycles. The first-order chi connectivity index (χ1) is 23.8. The molecule has 2 nitrogen and oxygen atoms in total. The van der Waals surface area contributed by atoms with Gasteiger partial charge in [0, 0.05) is 33.2 Å². The Morgan fingerprint density at radius 1 is 0.333 bits per heavy atom. The van der Waals surface area contributed by atoms with Crippen molar-refractivity contribution < 1.29 is 0 Å². The van der Waals surface area contributed by atoms with Gasteiger partial charge in [0.2, 0.25) is 0 Å². The number of anilines is 3. The summed E-state index contributed by atoms with van der Waals surface area (Å²) in [4.78, 5) is 2.36. The van der Waals surface area contributed by atoms with Gasteiger partial charge in [-0.05, 0) is 94.4 Å². The summed E-state index contributed by atoms with van der Waals surface area (Å²) >= 11 is 0. The standard InChI is InChI=1S/C46H32N2/c1-4-13-33(14-5-1)36-25-29-45-42(31-36)43-32-37(26-30-46(43)48(45)39-19-8-3-9-20-39)34-23-27-40(28-24-34)47(38-17-6-2-7-18-38)44-22-12-16-35-15-10-11-21-41(35)44/h1-32H. The van der Waals surface area contributed by atoms with E-state index in [1.165, 1.54) is 54.8 Å².